The number of hydrogen-bond donors (Lipinski definition) is 0. The van der Waals surface area contributed by atoms with Crippen molar-refractivity contribution in [1.29, 1.82) is 0 Å². The topological polar surface area (TPSA) is 25.8 Å². The monoisotopic (exact) mass is 690 g/mol. The highest BCUT2D eigenvalue weighted by molar-refractivity contribution is 7.26. The maximum Gasteiger partial charge on any atom is 0.160 e. The van der Waals surface area contributed by atoms with E-state index in [4.69, 9.17) is 9.97 Å². The van der Waals surface area contributed by atoms with Crippen molar-refractivity contribution in [2.24, 2.45) is 0 Å². The second-order valence-corrected chi connectivity index (χ2v) is 14.7. The van der Waals surface area contributed by atoms with Gasteiger partial charge in [-0.15, -0.1) is 11.3 Å². The van der Waals surface area contributed by atoms with Crippen LogP contribution in [0.3, 0.4) is 0 Å². The lowest BCUT2D eigenvalue weighted by molar-refractivity contribution is 1.19. The Bertz CT molecular complexity index is 3230. The molecule has 0 unspecified atom stereocenters. The lowest BCUT2D eigenvalue weighted by atomic mass is 9.86. The van der Waals surface area contributed by atoms with Gasteiger partial charge in [-0.3, -0.25) is 0 Å². The summed E-state index contributed by atoms with van der Waals surface area (Å²) in [7, 11) is 0. The molecule has 0 N–H and O–H groups in total. The Labute approximate surface area is 310 Å². The van der Waals surface area contributed by atoms with Crippen molar-refractivity contribution in [2.75, 3.05) is 0 Å². The van der Waals surface area contributed by atoms with Crippen LogP contribution in [0.2, 0.25) is 0 Å². The van der Waals surface area contributed by atoms with E-state index in [1.54, 1.807) is 0 Å². The smallest absolute Gasteiger partial charge is 0.160 e. The molecular weight excluding hydrogens is 661 g/mol. The summed E-state index contributed by atoms with van der Waals surface area (Å²) in [5.74, 6) is 0.719. The van der Waals surface area contributed by atoms with Crippen molar-refractivity contribution < 1.29 is 0 Å². The Morgan fingerprint density at radius 1 is 0.340 bits per heavy atom. The van der Waals surface area contributed by atoms with Crippen LogP contribution in [0.1, 0.15) is 0 Å². The molecule has 53 heavy (non-hydrogen) atoms. The van der Waals surface area contributed by atoms with Crippen LogP contribution < -0.4 is 0 Å². The summed E-state index contributed by atoms with van der Waals surface area (Å²) < 4.78 is 2.52. The van der Waals surface area contributed by atoms with Gasteiger partial charge in [0.05, 0.1) is 11.4 Å². The Hall–Kier alpha value is -6.68. The Morgan fingerprint density at radius 2 is 0.962 bits per heavy atom. The summed E-state index contributed by atoms with van der Waals surface area (Å²) in [4.78, 5) is 10.6. The predicted molar refractivity (Wildman–Crippen MR) is 227 cm³/mol. The molecule has 0 aliphatic carbocycles. The molecule has 246 valence electrons. The Balaban J connectivity index is 1.18. The van der Waals surface area contributed by atoms with E-state index in [2.05, 4.69) is 176 Å². The van der Waals surface area contributed by atoms with Gasteiger partial charge in [-0.05, 0) is 72.4 Å². The lowest BCUT2D eigenvalue weighted by Crippen LogP contribution is -1.97. The first-order chi connectivity index (χ1) is 26.3. The molecule has 0 spiro atoms. The molecule has 2 aromatic heterocycles. The molecule has 11 aromatic rings. The Kier molecular flexibility index (Phi) is 6.76. The van der Waals surface area contributed by atoms with E-state index in [9.17, 15) is 0 Å². The molecule has 2 nitrogen and oxygen atoms in total. The van der Waals surface area contributed by atoms with Crippen molar-refractivity contribution in [1.82, 2.24) is 9.97 Å². The number of aromatic nitrogens is 2. The molecule has 0 bridgehead atoms. The molecule has 0 saturated heterocycles. The minimum Gasteiger partial charge on any atom is -0.228 e. The average molecular weight is 691 g/mol. The zero-order valence-electron chi connectivity index (χ0n) is 28.6. The predicted octanol–water partition coefficient (Wildman–Crippen LogP) is 14.1. The highest BCUT2D eigenvalue weighted by Crippen LogP contribution is 2.45. The third-order valence-corrected chi connectivity index (χ3v) is 11.9. The fraction of sp³-hybridized carbons (Fsp3) is 0. The highest BCUT2D eigenvalue weighted by Gasteiger charge is 2.19. The summed E-state index contributed by atoms with van der Waals surface area (Å²) in [6.45, 7) is 0. The number of hydrogen-bond acceptors (Lipinski definition) is 3. The number of thiophene rings is 1. The minimum atomic E-state index is 0.719. The van der Waals surface area contributed by atoms with Crippen molar-refractivity contribution >= 4 is 74.6 Å². The van der Waals surface area contributed by atoms with Crippen LogP contribution in [0.5, 0.6) is 0 Å². The third-order valence-electron chi connectivity index (χ3n) is 10.7. The van der Waals surface area contributed by atoms with Gasteiger partial charge < -0.3 is 0 Å². The van der Waals surface area contributed by atoms with Gasteiger partial charge in [0.1, 0.15) is 0 Å². The second kappa shape index (κ2) is 11.9. The third kappa shape index (κ3) is 4.78. The van der Waals surface area contributed by atoms with Crippen LogP contribution in [-0.2, 0) is 0 Å². The van der Waals surface area contributed by atoms with Crippen molar-refractivity contribution in [3.8, 4) is 45.0 Å². The number of nitrogens with zero attached hydrogens (tertiary/aromatic N) is 2. The van der Waals surface area contributed by atoms with E-state index in [1.165, 1.54) is 69.0 Å². The summed E-state index contributed by atoms with van der Waals surface area (Å²) in [6, 6.07) is 65.6. The SMILES string of the molecule is c1ccc(-c2nc(-c3ccc(-c4c5ccccc5cc5c4ccc4ccccc45)c4ccccc34)cc(-c3cccc4c3sc3ccccc34)n2)cc1. The molecular formula is C50H30N2S. The van der Waals surface area contributed by atoms with Crippen LogP contribution >= 0.6 is 11.3 Å². The molecule has 0 aliphatic heterocycles. The fourth-order valence-corrected chi connectivity index (χ4v) is 9.46. The molecule has 3 heteroatoms. The van der Waals surface area contributed by atoms with Crippen molar-refractivity contribution in [3.05, 3.63) is 182 Å². The van der Waals surface area contributed by atoms with Crippen molar-refractivity contribution in [3.63, 3.8) is 0 Å². The highest BCUT2D eigenvalue weighted by atomic mass is 32.1. The lowest BCUT2D eigenvalue weighted by Gasteiger charge is -2.17. The summed E-state index contributed by atoms with van der Waals surface area (Å²) >= 11 is 1.83. The van der Waals surface area contributed by atoms with Gasteiger partial charge in [0.15, 0.2) is 5.82 Å². The molecule has 11 rings (SSSR count). The summed E-state index contributed by atoms with van der Waals surface area (Å²) in [5.41, 5.74) is 7.51. The quantitative estimate of drug-likeness (QED) is 0.136. The summed E-state index contributed by atoms with van der Waals surface area (Å²) in [5, 5.41) is 12.4. The first kappa shape index (κ1) is 30.0. The molecule has 9 aromatic carbocycles. The number of fused-ring (bicyclic) bond motifs is 8. The van der Waals surface area contributed by atoms with Gasteiger partial charge in [0.25, 0.3) is 0 Å². The van der Waals surface area contributed by atoms with Gasteiger partial charge in [0.2, 0.25) is 0 Å². The standard InChI is InChI=1S/C50H30N2S/c1-2-14-32(15-3-1)50-51-45(30-46(52-50)43-23-12-22-42-39-21-10-11-24-47(39)53-49(42)43)38-27-28-40(37-20-9-8-19-36(37)38)48-35-18-7-5-16-33(35)29-44-34-17-6-4-13-31(34)25-26-41(44)48/h1-30H. The maximum absolute atomic E-state index is 5.30. The number of benzene rings is 9. The van der Waals surface area contributed by atoms with Crippen LogP contribution in [0.4, 0.5) is 0 Å². The maximum atomic E-state index is 5.30. The van der Waals surface area contributed by atoms with Gasteiger partial charge in [-0.1, -0.05) is 164 Å². The second-order valence-electron chi connectivity index (χ2n) is 13.7. The fourth-order valence-electron chi connectivity index (χ4n) is 8.24. The van der Waals surface area contributed by atoms with E-state index in [0.717, 1.165) is 39.3 Å². The van der Waals surface area contributed by atoms with Crippen LogP contribution in [0, 0.1) is 0 Å². The van der Waals surface area contributed by atoms with Crippen molar-refractivity contribution in [2.45, 2.75) is 0 Å². The van der Waals surface area contributed by atoms with Gasteiger partial charge in [0, 0.05) is 36.9 Å². The zero-order valence-corrected chi connectivity index (χ0v) is 29.4. The van der Waals surface area contributed by atoms with Crippen LogP contribution in [0.25, 0.3) is 108 Å². The molecule has 0 aliphatic rings. The van der Waals surface area contributed by atoms with E-state index < -0.39 is 0 Å². The molecule has 2 heterocycles. The normalized spacial score (nSPS) is 11.8. The van der Waals surface area contributed by atoms with Gasteiger partial charge >= 0.3 is 0 Å². The molecule has 0 saturated carbocycles. The molecule has 0 radical (unpaired) electrons. The molecule has 0 fully saturated rings. The first-order valence-corrected chi connectivity index (χ1v) is 18.8. The molecule has 0 atom stereocenters. The minimum absolute atomic E-state index is 0.719. The van der Waals surface area contributed by atoms with Crippen LogP contribution in [0.15, 0.2) is 182 Å². The molecule has 0 amide bonds. The van der Waals surface area contributed by atoms with E-state index >= 15 is 0 Å². The number of rotatable bonds is 4. The Morgan fingerprint density at radius 3 is 1.79 bits per heavy atom. The van der Waals surface area contributed by atoms with Crippen LogP contribution in [-0.4, -0.2) is 9.97 Å². The largest absolute Gasteiger partial charge is 0.228 e. The van der Waals surface area contributed by atoms with Gasteiger partial charge in [-0.2, -0.15) is 0 Å². The summed E-state index contributed by atoms with van der Waals surface area (Å²) in [6.07, 6.45) is 0. The zero-order chi connectivity index (χ0) is 34.9. The van der Waals surface area contributed by atoms with E-state index in [-0.39, 0.29) is 0 Å². The van der Waals surface area contributed by atoms with E-state index in [1.807, 2.05) is 17.4 Å². The first-order valence-electron chi connectivity index (χ1n) is 18.0. The average Bonchev–Trinajstić information content (AvgIpc) is 3.62. The van der Waals surface area contributed by atoms with Gasteiger partial charge in [-0.25, -0.2) is 9.97 Å². The van der Waals surface area contributed by atoms with E-state index in [0.29, 0.717) is 0 Å².